The van der Waals surface area contributed by atoms with Crippen molar-refractivity contribution in [3.05, 3.63) is 54.1 Å². The summed E-state index contributed by atoms with van der Waals surface area (Å²) in [6.45, 7) is 0.406. The molecular weight excluding hydrogens is 396 g/mol. The van der Waals surface area contributed by atoms with Crippen LogP contribution in [0.3, 0.4) is 0 Å². The van der Waals surface area contributed by atoms with Gasteiger partial charge in [-0.2, -0.15) is 0 Å². The fourth-order valence-electron chi connectivity index (χ4n) is 2.84. The van der Waals surface area contributed by atoms with Crippen LogP contribution in [0.15, 0.2) is 48.5 Å². The second-order valence-electron chi connectivity index (χ2n) is 6.37. The molecule has 0 saturated carbocycles. The summed E-state index contributed by atoms with van der Waals surface area (Å²) in [5, 5.41) is 2.92. The lowest BCUT2D eigenvalue weighted by Gasteiger charge is -2.17. The van der Waals surface area contributed by atoms with Crippen molar-refractivity contribution in [2.75, 3.05) is 35.6 Å². The largest absolute Gasteiger partial charge is 0.497 e. The summed E-state index contributed by atoms with van der Waals surface area (Å²) in [6, 6.07) is 13.2. The van der Waals surface area contributed by atoms with Gasteiger partial charge in [0.05, 0.1) is 25.1 Å². The highest BCUT2D eigenvalue weighted by Gasteiger charge is 2.28. The molecule has 3 rings (SSSR count). The number of nitrogens with zero attached hydrogens (tertiary/aromatic N) is 1. The van der Waals surface area contributed by atoms with E-state index in [1.54, 1.807) is 43.5 Å². The first-order valence-corrected chi connectivity index (χ1v) is 10.6. The van der Waals surface area contributed by atoms with Crippen LogP contribution in [-0.4, -0.2) is 46.2 Å². The smallest absolute Gasteiger partial charge is 0.269 e. The van der Waals surface area contributed by atoms with E-state index in [1.807, 2.05) is 0 Å². The summed E-state index contributed by atoms with van der Waals surface area (Å²) < 4.78 is 30.3. The van der Waals surface area contributed by atoms with Crippen LogP contribution in [0.25, 0.3) is 0 Å². The quantitative estimate of drug-likeness (QED) is 0.605. The average Bonchev–Trinajstić information content (AvgIpc) is 3.09. The van der Waals surface area contributed by atoms with E-state index in [-0.39, 0.29) is 12.3 Å². The van der Waals surface area contributed by atoms with E-state index < -0.39 is 21.8 Å². The van der Waals surface area contributed by atoms with Gasteiger partial charge in [0, 0.05) is 17.8 Å². The Bertz CT molecular complexity index is 975. The Morgan fingerprint density at radius 2 is 1.72 bits per heavy atom. The molecule has 0 radical (unpaired) electrons. The molecule has 2 aromatic rings. The van der Waals surface area contributed by atoms with Crippen LogP contribution in [-0.2, 0) is 14.8 Å². The maximum Gasteiger partial charge on any atom is 0.269 e. The molecule has 0 unspecified atom stereocenters. The number of benzene rings is 2. The van der Waals surface area contributed by atoms with Crippen molar-refractivity contribution in [1.82, 2.24) is 10.9 Å². The predicted molar refractivity (Wildman–Crippen MR) is 109 cm³/mol. The van der Waals surface area contributed by atoms with E-state index in [1.165, 1.54) is 16.4 Å². The van der Waals surface area contributed by atoms with Gasteiger partial charge >= 0.3 is 0 Å². The van der Waals surface area contributed by atoms with Crippen LogP contribution in [0, 0.1) is 0 Å². The Labute approximate surface area is 169 Å². The van der Waals surface area contributed by atoms with Crippen molar-refractivity contribution in [3.8, 4) is 5.75 Å². The van der Waals surface area contributed by atoms with Gasteiger partial charge in [0.2, 0.25) is 10.0 Å². The molecular formula is C19H22N4O5S. The molecule has 9 nitrogen and oxygen atoms in total. The minimum atomic E-state index is -3.27. The minimum Gasteiger partial charge on any atom is -0.497 e. The maximum atomic E-state index is 12.2. The number of ether oxygens (including phenoxy) is 1. The third-order valence-electron chi connectivity index (χ3n) is 4.38. The monoisotopic (exact) mass is 418 g/mol. The molecule has 0 aromatic heterocycles. The molecule has 1 saturated heterocycles. The van der Waals surface area contributed by atoms with E-state index in [0.29, 0.717) is 30.0 Å². The summed E-state index contributed by atoms with van der Waals surface area (Å²) in [5.74, 6) is -0.0839. The summed E-state index contributed by atoms with van der Waals surface area (Å²) in [4.78, 5) is 24.1. The molecule has 0 bridgehead atoms. The first-order valence-electron chi connectivity index (χ1n) is 8.96. The van der Waals surface area contributed by atoms with Crippen LogP contribution in [0.2, 0.25) is 0 Å². The molecule has 3 N–H and O–H groups in total. The van der Waals surface area contributed by atoms with Crippen molar-refractivity contribution in [2.45, 2.75) is 6.42 Å². The van der Waals surface area contributed by atoms with E-state index in [4.69, 9.17) is 4.74 Å². The normalized spacial score (nSPS) is 14.9. The molecule has 1 heterocycles. The molecule has 1 aliphatic rings. The lowest BCUT2D eigenvalue weighted by molar-refractivity contribution is -0.120. The molecule has 1 fully saturated rings. The van der Waals surface area contributed by atoms with Gasteiger partial charge in [-0.15, -0.1) is 0 Å². The zero-order chi connectivity index (χ0) is 20.9. The summed E-state index contributed by atoms with van der Waals surface area (Å²) >= 11 is 0. The molecule has 10 heteroatoms. The Balaban J connectivity index is 1.47. The summed E-state index contributed by atoms with van der Waals surface area (Å²) in [6.07, 6.45) is 0.584. The van der Waals surface area contributed by atoms with Gasteiger partial charge in [0.1, 0.15) is 5.75 Å². The standard InChI is InChI=1S/C19H22N4O5S/c1-28-17-9-5-15(6-10-17)20-13-18(24)21-22-19(25)14-3-7-16(8-4-14)23-11-2-12-29(23,26)27/h3-10,20H,2,11-13H2,1H3,(H,21,24)(H,22,25). The molecule has 0 atom stereocenters. The number of anilines is 2. The number of hydrogen-bond acceptors (Lipinski definition) is 6. The number of hydrogen-bond donors (Lipinski definition) is 3. The van der Waals surface area contributed by atoms with Crippen molar-refractivity contribution >= 4 is 33.2 Å². The fraction of sp³-hybridized carbons (Fsp3) is 0.263. The van der Waals surface area contributed by atoms with Crippen LogP contribution < -0.4 is 25.2 Å². The summed E-state index contributed by atoms with van der Waals surface area (Å²) in [5.41, 5.74) is 6.21. The molecule has 0 aliphatic carbocycles. The number of amides is 2. The first-order chi connectivity index (χ1) is 13.9. The average molecular weight is 418 g/mol. The number of hydrazine groups is 1. The van der Waals surface area contributed by atoms with E-state index in [9.17, 15) is 18.0 Å². The highest BCUT2D eigenvalue weighted by atomic mass is 32.2. The lowest BCUT2D eigenvalue weighted by Crippen LogP contribution is -2.44. The van der Waals surface area contributed by atoms with Gasteiger partial charge in [-0.25, -0.2) is 8.42 Å². The fourth-order valence-corrected chi connectivity index (χ4v) is 4.41. The summed E-state index contributed by atoms with van der Waals surface area (Å²) in [7, 11) is -1.70. The topological polar surface area (TPSA) is 117 Å². The maximum absolute atomic E-state index is 12.2. The Hall–Kier alpha value is -3.27. The number of carbonyl (C=O) groups excluding carboxylic acids is 2. The number of rotatable bonds is 6. The van der Waals surface area contributed by atoms with E-state index in [0.717, 1.165) is 5.69 Å². The van der Waals surface area contributed by atoms with Crippen LogP contribution in [0.5, 0.6) is 5.75 Å². The molecule has 154 valence electrons. The molecule has 0 spiro atoms. The van der Waals surface area contributed by atoms with Gasteiger partial charge in [-0.05, 0) is 55.0 Å². The molecule has 2 aromatic carbocycles. The van der Waals surface area contributed by atoms with E-state index in [2.05, 4.69) is 16.2 Å². The highest BCUT2D eigenvalue weighted by molar-refractivity contribution is 7.93. The SMILES string of the molecule is COc1ccc(NCC(=O)NNC(=O)c2ccc(N3CCCS3(=O)=O)cc2)cc1. The zero-order valence-electron chi connectivity index (χ0n) is 15.8. The number of nitrogens with one attached hydrogen (secondary N) is 3. The van der Waals surface area contributed by atoms with Crippen molar-refractivity contribution < 1.29 is 22.7 Å². The van der Waals surface area contributed by atoms with Crippen molar-refractivity contribution in [1.29, 1.82) is 0 Å². The Morgan fingerprint density at radius 1 is 1.03 bits per heavy atom. The predicted octanol–water partition coefficient (Wildman–Crippen LogP) is 1.11. The van der Waals surface area contributed by atoms with Crippen LogP contribution in [0.4, 0.5) is 11.4 Å². The second kappa shape index (κ2) is 8.82. The van der Waals surface area contributed by atoms with Gasteiger partial charge in [0.25, 0.3) is 11.8 Å². The van der Waals surface area contributed by atoms with Gasteiger partial charge < -0.3 is 10.1 Å². The van der Waals surface area contributed by atoms with Gasteiger partial charge in [-0.1, -0.05) is 0 Å². The highest BCUT2D eigenvalue weighted by Crippen LogP contribution is 2.24. The van der Waals surface area contributed by atoms with Crippen LogP contribution in [0.1, 0.15) is 16.8 Å². The third-order valence-corrected chi connectivity index (χ3v) is 6.24. The number of carbonyl (C=O) groups is 2. The third kappa shape index (κ3) is 5.17. The van der Waals surface area contributed by atoms with Crippen LogP contribution >= 0.6 is 0 Å². The van der Waals surface area contributed by atoms with Crippen molar-refractivity contribution in [2.24, 2.45) is 0 Å². The number of methoxy groups -OCH3 is 1. The van der Waals surface area contributed by atoms with Gasteiger partial charge in [-0.3, -0.25) is 24.7 Å². The molecule has 29 heavy (non-hydrogen) atoms. The number of sulfonamides is 1. The zero-order valence-corrected chi connectivity index (χ0v) is 16.7. The molecule has 1 aliphatic heterocycles. The van der Waals surface area contributed by atoms with Gasteiger partial charge in [0.15, 0.2) is 0 Å². The molecule has 2 amide bonds. The second-order valence-corrected chi connectivity index (χ2v) is 8.39. The van der Waals surface area contributed by atoms with Crippen molar-refractivity contribution in [3.63, 3.8) is 0 Å². The Kier molecular flexibility index (Phi) is 6.23. The minimum absolute atomic E-state index is 0.0294. The lowest BCUT2D eigenvalue weighted by atomic mass is 10.2. The first kappa shape index (κ1) is 20.5. The van der Waals surface area contributed by atoms with E-state index >= 15 is 0 Å². The Morgan fingerprint density at radius 3 is 2.31 bits per heavy atom.